The second kappa shape index (κ2) is 11.8. The monoisotopic (exact) mass is 699 g/mol. The number of rotatable bonds is 4. The maximum atomic E-state index is 7.88. The Labute approximate surface area is 316 Å². The van der Waals surface area contributed by atoms with Crippen LogP contribution in [0.2, 0.25) is 0 Å². The molecule has 0 aliphatic rings. The molecule has 254 valence electrons. The standard InChI is InChI=1S/C50H29N5/c1-51-33-24-28-36(48(30-33)55-44-18-9-5-14-39(44)40-29-25-34(52-2)31-49(40)55)32-22-26-35(27-23-32)53-45-19-10-6-15-41(45)50-46(53)20-11-21-47(50)54-42-16-7-3-12-37(42)38-13-4-8-17-43(38)54/h3-31H. The summed E-state index contributed by atoms with van der Waals surface area (Å²) in [4.78, 5) is 7.57. The smallest absolute Gasteiger partial charge is 0.189 e. The fourth-order valence-electron chi connectivity index (χ4n) is 8.74. The Morgan fingerprint density at radius 2 is 0.836 bits per heavy atom. The molecule has 0 saturated heterocycles. The molecule has 0 bridgehead atoms. The van der Waals surface area contributed by atoms with Gasteiger partial charge in [-0.3, -0.25) is 0 Å². The van der Waals surface area contributed by atoms with E-state index in [4.69, 9.17) is 13.1 Å². The largest absolute Gasteiger partial charge is 0.311 e. The summed E-state index contributed by atoms with van der Waals surface area (Å²) in [6, 6.07) is 61.5. The van der Waals surface area contributed by atoms with Gasteiger partial charge in [0, 0.05) is 54.8 Å². The van der Waals surface area contributed by atoms with Crippen molar-refractivity contribution in [3.63, 3.8) is 0 Å². The van der Waals surface area contributed by atoms with Crippen molar-refractivity contribution in [3.8, 4) is 28.2 Å². The van der Waals surface area contributed by atoms with E-state index >= 15 is 0 Å². The average Bonchev–Trinajstić information content (AvgIpc) is 3.89. The van der Waals surface area contributed by atoms with Crippen molar-refractivity contribution < 1.29 is 0 Å². The Morgan fingerprint density at radius 3 is 1.45 bits per heavy atom. The zero-order valence-electron chi connectivity index (χ0n) is 29.5. The normalized spacial score (nSPS) is 11.6. The molecule has 0 spiro atoms. The predicted molar refractivity (Wildman–Crippen MR) is 227 cm³/mol. The molecule has 0 N–H and O–H groups in total. The summed E-state index contributed by atoms with van der Waals surface area (Å²) in [5, 5.41) is 7.06. The zero-order valence-corrected chi connectivity index (χ0v) is 29.5. The molecule has 11 rings (SSSR count). The highest BCUT2D eigenvalue weighted by molar-refractivity contribution is 6.16. The lowest BCUT2D eigenvalue weighted by molar-refractivity contribution is 1.17. The van der Waals surface area contributed by atoms with E-state index in [0.29, 0.717) is 11.4 Å². The van der Waals surface area contributed by atoms with Gasteiger partial charge in [0.05, 0.1) is 46.4 Å². The van der Waals surface area contributed by atoms with Gasteiger partial charge in [-0.2, -0.15) is 0 Å². The van der Waals surface area contributed by atoms with Gasteiger partial charge in [0.1, 0.15) is 0 Å². The summed E-state index contributed by atoms with van der Waals surface area (Å²) in [6.45, 7) is 15.6. The summed E-state index contributed by atoms with van der Waals surface area (Å²) >= 11 is 0. The molecule has 8 aromatic carbocycles. The van der Waals surface area contributed by atoms with Gasteiger partial charge >= 0.3 is 0 Å². The van der Waals surface area contributed by atoms with Crippen molar-refractivity contribution in [3.05, 3.63) is 199 Å². The average molecular weight is 700 g/mol. The van der Waals surface area contributed by atoms with Crippen LogP contribution in [0, 0.1) is 13.1 Å². The summed E-state index contributed by atoms with van der Waals surface area (Å²) < 4.78 is 6.99. The molecule has 5 nitrogen and oxygen atoms in total. The second-order valence-electron chi connectivity index (χ2n) is 13.9. The first kappa shape index (κ1) is 30.7. The molecule has 5 heteroatoms. The highest BCUT2D eigenvalue weighted by Crippen LogP contribution is 2.42. The summed E-state index contributed by atoms with van der Waals surface area (Å²) in [7, 11) is 0. The molecule has 0 aliphatic heterocycles. The van der Waals surface area contributed by atoms with Crippen LogP contribution in [0.4, 0.5) is 11.4 Å². The molecule has 0 aliphatic carbocycles. The molecule has 11 aromatic rings. The van der Waals surface area contributed by atoms with Crippen molar-refractivity contribution in [1.29, 1.82) is 0 Å². The van der Waals surface area contributed by atoms with Gasteiger partial charge < -0.3 is 13.7 Å². The van der Waals surface area contributed by atoms with Gasteiger partial charge in [-0.15, -0.1) is 0 Å². The van der Waals surface area contributed by atoms with Gasteiger partial charge in [-0.1, -0.05) is 115 Å². The zero-order chi connectivity index (χ0) is 36.6. The Bertz CT molecular complexity index is 3400. The van der Waals surface area contributed by atoms with Crippen molar-refractivity contribution in [2.75, 3.05) is 0 Å². The molecule has 0 saturated carbocycles. The number of benzene rings is 8. The van der Waals surface area contributed by atoms with Gasteiger partial charge in [0.2, 0.25) is 0 Å². The van der Waals surface area contributed by atoms with Crippen molar-refractivity contribution in [2.45, 2.75) is 0 Å². The Balaban J connectivity index is 1.12. The highest BCUT2D eigenvalue weighted by atomic mass is 15.0. The fraction of sp³-hybridized carbons (Fsp3) is 0. The molecule has 0 atom stereocenters. The third-order valence-electron chi connectivity index (χ3n) is 11.1. The Morgan fingerprint density at radius 1 is 0.345 bits per heavy atom. The SMILES string of the molecule is [C-]#[N+]c1ccc(-c2ccc(-n3c4ccccc4c4c(-n5c6ccccc6c6ccccc65)cccc43)cc2)c(-n2c3ccccc3c3ccc([N+]#[C-])cc32)c1. The van der Waals surface area contributed by atoms with Crippen LogP contribution in [-0.4, -0.2) is 13.7 Å². The molecule has 0 radical (unpaired) electrons. The topological polar surface area (TPSA) is 23.5 Å². The van der Waals surface area contributed by atoms with Crippen LogP contribution in [0.25, 0.3) is 103 Å². The van der Waals surface area contributed by atoms with E-state index in [1.54, 1.807) is 0 Å². The lowest BCUT2D eigenvalue weighted by Gasteiger charge is -2.16. The molecule has 55 heavy (non-hydrogen) atoms. The summed E-state index contributed by atoms with van der Waals surface area (Å²) in [5.41, 5.74) is 12.9. The minimum Gasteiger partial charge on any atom is -0.311 e. The molecule has 0 amide bonds. The van der Waals surface area contributed by atoms with Crippen LogP contribution in [0.15, 0.2) is 176 Å². The molecular weight excluding hydrogens is 671 g/mol. The fourth-order valence-corrected chi connectivity index (χ4v) is 8.74. The Hall–Kier alpha value is -7.86. The molecular formula is C50H29N5. The van der Waals surface area contributed by atoms with Crippen LogP contribution < -0.4 is 0 Å². The lowest BCUT2D eigenvalue weighted by Crippen LogP contribution is -1.98. The minimum atomic E-state index is 0.562. The van der Waals surface area contributed by atoms with Crippen molar-refractivity contribution in [1.82, 2.24) is 13.7 Å². The number of para-hydroxylation sites is 4. The first-order valence-corrected chi connectivity index (χ1v) is 18.3. The second-order valence-corrected chi connectivity index (χ2v) is 13.9. The van der Waals surface area contributed by atoms with E-state index in [2.05, 4.69) is 157 Å². The van der Waals surface area contributed by atoms with Crippen LogP contribution >= 0.6 is 0 Å². The first-order valence-electron chi connectivity index (χ1n) is 18.3. The first-order chi connectivity index (χ1) is 27.2. The van der Waals surface area contributed by atoms with E-state index in [9.17, 15) is 0 Å². The van der Waals surface area contributed by atoms with Crippen LogP contribution in [0.3, 0.4) is 0 Å². The third kappa shape index (κ3) is 4.45. The lowest BCUT2D eigenvalue weighted by atomic mass is 10.0. The number of hydrogen-bond donors (Lipinski definition) is 0. The van der Waals surface area contributed by atoms with Crippen molar-refractivity contribution >= 4 is 76.8 Å². The molecule has 3 heterocycles. The molecule has 3 aromatic heterocycles. The van der Waals surface area contributed by atoms with E-state index in [0.717, 1.165) is 61.0 Å². The highest BCUT2D eigenvalue weighted by Gasteiger charge is 2.20. The van der Waals surface area contributed by atoms with E-state index in [-0.39, 0.29) is 0 Å². The number of hydrogen-bond acceptors (Lipinski definition) is 0. The number of aromatic nitrogens is 3. The molecule has 0 fully saturated rings. The van der Waals surface area contributed by atoms with E-state index in [1.807, 2.05) is 42.5 Å². The van der Waals surface area contributed by atoms with Gasteiger partial charge in [-0.05, 0) is 66.2 Å². The number of nitrogens with zero attached hydrogens (tertiary/aromatic N) is 5. The third-order valence-corrected chi connectivity index (χ3v) is 11.1. The number of fused-ring (bicyclic) bond motifs is 9. The van der Waals surface area contributed by atoms with Crippen LogP contribution in [0.5, 0.6) is 0 Å². The van der Waals surface area contributed by atoms with E-state index < -0.39 is 0 Å². The maximum absolute atomic E-state index is 7.88. The van der Waals surface area contributed by atoms with Gasteiger partial charge in [-0.25, -0.2) is 9.69 Å². The quantitative estimate of drug-likeness (QED) is 0.163. The van der Waals surface area contributed by atoms with Gasteiger partial charge in [0.15, 0.2) is 11.4 Å². The van der Waals surface area contributed by atoms with Gasteiger partial charge in [0.25, 0.3) is 0 Å². The predicted octanol–water partition coefficient (Wildman–Crippen LogP) is 13.7. The molecule has 0 unspecified atom stereocenters. The van der Waals surface area contributed by atoms with Crippen LogP contribution in [-0.2, 0) is 0 Å². The Kier molecular flexibility index (Phi) is 6.61. The van der Waals surface area contributed by atoms with E-state index in [1.165, 1.54) is 32.6 Å². The minimum absolute atomic E-state index is 0.562. The maximum Gasteiger partial charge on any atom is 0.189 e. The van der Waals surface area contributed by atoms with Crippen LogP contribution in [0.1, 0.15) is 0 Å². The summed E-state index contributed by atoms with van der Waals surface area (Å²) in [5.74, 6) is 0. The van der Waals surface area contributed by atoms with Crippen molar-refractivity contribution in [2.24, 2.45) is 0 Å². The summed E-state index contributed by atoms with van der Waals surface area (Å²) in [6.07, 6.45) is 0.